The molecule has 6 nitrogen and oxygen atoms in total. The molecule has 0 saturated carbocycles. The minimum absolute atomic E-state index is 0. The van der Waals surface area contributed by atoms with Crippen molar-refractivity contribution in [3.63, 3.8) is 0 Å². The molecule has 1 saturated heterocycles. The van der Waals surface area contributed by atoms with Crippen molar-refractivity contribution >= 4 is 41.3 Å². The third-order valence-electron chi connectivity index (χ3n) is 5.05. The van der Waals surface area contributed by atoms with Crippen LogP contribution in [0.25, 0.3) is 0 Å². The van der Waals surface area contributed by atoms with E-state index in [9.17, 15) is 0 Å². The fraction of sp³-hybridized carbons (Fsp3) is 0.500. The Bertz CT molecular complexity index is 749. The van der Waals surface area contributed by atoms with Crippen LogP contribution < -0.4 is 10.1 Å². The molecule has 2 aromatic rings. The predicted molar refractivity (Wildman–Crippen MR) is 135 cm³/mol. The van der Waals surface area contributed by atoms with Crippen molar-refractivity contribution < 1.29 is 9.47 Å². The van der Waals surface area contributed by atoms with E-state index >= 15 is 0 Å². The fourth-order valence-electron chi connectivity index (χ4n) is 3.48. The van der Waals surface area contributed by atoms with Gasteiger partial charge in [-0.2, -0.15) is 0 Å². The van der Waals surface area contributed by atoms with Crippen molar-refractivity contribution in [2.24, 2.45) is 4.99 Å². The summed E-state index contributed by atoms with van der Waals surface area (Å²) >= 11 is 1.81. The van der Waals surface area contributed by atoms with Gasteiger partial charge in [0.25, 0.3) is 0 Å². The van der Waals surface area contributed by atoms with Crippen molar-refractivity contribution in [3.8, 4) is 5.75 Å². The molecule has 1 aliphatic rings. The third kappa shape index (κ3) is 7.11. The van der Waals surface area contributed by atoms with Gasteiger partial charge in [0.15, 0.2) is 5.96 Å². The van der Waals surface area contributed by atoms with E-state index in [2.05, 4.69) is 58.7 Å². The van der Waals surface area contributed by atoms with Crippen LogP contribution in [0.1, 0.15) is 23.4 Å². The zero-order valence-corrected chi connectivity index (χ0v) is 21.2. The maximum Gasteiger partial charge on any atom is 0.194 e. The number of methoxy groups -OCH3 is 1. The molecule has 1 aliphatic heterocycles. The number of nitrogens with zero attached hydrogens (tertiary/aromatic N) is 3. The Morgan fingerprint density at radius 3 is 2.60 bits per heavy atom. The topological polar surface area (TPSA) is 49.3 Å². The molecule has 1 atom stereocenters. The van der Waals surface area contributed by atoms with Crippen LogP contribution in [-0.4, -0.2) is 69.3 Å². The van der Waals surface area contributed by atoms with Crippen molar-refractivity contribution in [1.29, 1.82) is 0 Å². The Hall–Kier alpha value is -1.36. The van der Waals surface area contributed by atoms with Crippen LogP contribution in [0.3, 0.4) is 0 Å². The SMILES string of the molecule is CCNC(=NCC(c1cccs1)N1CCOCC1)N(C)Cc1ccc(OC)cc1.I. The standard InChI is InChI=1S/C22H32N4O2S.HI/c1-4-23-22(25(2)17-18-7-9-19(27-3)10-8-18)24-16-20(21-6-5-15-29-21)26-11-13-28-14-12-26;/h5-10,15,20H,4,11-14,16-17H2,1-3H3,(H,23,24);1H. The molecule has 0 radical (unpaired) electrons. The van der Waals surface area contributed by atoms with Gasteiger partial charge < -0.3 is 19.7 Å². The average Bonchev–Trinajstić information content (AvgIpc) is 3.29. The van der Waals surface area contributed by atoms with Crippen molar-refractivity contribution in [2.45, 2.75) is 19.5 Å². The Labute approximate surface area is 201 Å². The molecular weight excluding hydrogens is 511 g/mol. The molecule has 1 aromatic carbocycles. The van der Waals surface area contributed by atoms with Gasteiger partial charge in [-0.05, 0) is 36.1 Å². The highest BCUT2D eigenvalue weighted by molar-refractivity contribution is 14.0. The van der Waals surface area contributed by atoms with Gasteiger partial charge in [0.1, 0.15) is 5.75 Å². The largest absolute Gasteiger partial charge is 0.497 e. The van der Waals surface area contributed by atoms with E-state index in [4.69, 9.17) is 14.5 Å². The second-order valence-corrected chi connectivity index (χ2v) is 8.06. The summed E-state index contributed by atoms with van der Waals surface area (Å²) in [7, 11) is 3.77. The van der Waals surface area contributed by atoms with Crippen LogP contribution >= 0.6 is 35.3 Å². The summed E-state index contributed by atoms with van der Waals surface area (Å²) in [5, 5.41) is 5.59. The van der Waals surface area contributed by atoms with Gasteiger partial charge in [0.2, 0.25) is 0 Å². The second-order valence-electron chi connectivity index (χ2n) is 7.08. The van der Waals surface area contributed by atoms with E-state index in [0.29, 0.717) is 6.04 Å². The molecule has 0 aliphatic carbocycles. The highest BCUT2D eigenvalue weighted by atomic mass is 127. The Morgan fingerprint density at radius 2 is 2.00 bits per heavy atom. The molecule has 0 bridgehead atoms. The summed E-state index contributed by atoms with van der Waals surface area (Å²) in [6, 6.07) is 12.8. The number of halogens is 1. The van der Waals surface area contributed by atoms with E-state index < -0.39 is 0 Å². The lowest BCUT2D eigenvalue weighted by atomic mass is 10.2. The molecule has 1 N–H and O–H groups in total. The summed E-state index contributed by atoms with van der Waals surface area (Å²) in [5.41, 5.74) is 1.22. The van der Waals surface area contributed by atoms with E-state index in [-0.39, 0.29) is 24.0 Å². The summed E-state index contributed by atoms with van der Waals surface area (Å²) in [4.78, 5) is 11.0. The van der Waals surface area contributed by atoms with Gasteiger partial charge in [-0.15, -0.1) is 35.3 Å². The van der Waals surface area contributed by atoms with Crippen LogP contribution in [0.5, 0.6) is 5.75 Å². The first-order valence-corrected chi connectivity index (χ1v) is 11.1. The predicted octanol–water partition coefficient (Wildman–Crippen LogP) is 3.85. The first-order valence-electron chi connectivity index (χ1n) is 10.2. The first-order chi connectivity index (χ1) is 14.2. The van der Waals surface area contributed by atoms with Gasteiger partial charge in [-0.3, -0.25) is 9.89 Å². The number of ether oxygens (including phenoxy) is 2. The monoisotopic (exact) mass is 544 g/mol. The average molecular weight is 545 g/mol. The Morgan fingerprint density at radius 1 is 1.27 bits per heavy atom. The molecule has 1 aromatic heterocycles. The quantitative estimate of drug-likeness (QED) is 0.311. The number of hydrogen-bond acceptors (Lipinski definition) is 5. The molecular formula is C22H33IN4O2S. The number of benzene rings is 1. The van der Waals surface area contributed by atoms with Gasteiger partial charge in [0, 0.05) is 38.1 Å². The summed E-state index contributed by atoms with van der Waals surface area (Å²) in [6.45, 7) is 7.97. The van der Waals surface area contributed by atoms with Gasteiger partial charge in [-0.25, -0.2) is 0 Å². The highest BCUT2D eigenvalue weighted by Gasteiger charge is 2.23. The smallest absolute Gasteiger partial charge is 0.194 e. The number of guanidine groups is 1. The van der Waals surface area contributed by atoms with Crippen LogP contribution in [0.4, 0.5) is 0 Å². The van der Waals surface area contributed by atoms with E-state index in [1.54, 1.807) is 18.4 Å². The van der Waals surface area contributed by atoms with Gasteiger partial charge in [-0.1, -0.05) is 18.2 Å². The van der Waals surface area contributed by atoms with Crippen LogP contribution in [0.2, 0.25) is 0 Å². The Kier molecular flexibility index (Phi) is 10.9. The van der Waals surface area contributed by atoms with Gasteiger partial charge in [0.05, 0.1) is 32.9 Å². The van der Waals surface area contributed by atoms with Crippen molar-refractivity contribution in [2.75, 3.05) is 53.6 Å². The van der Waals surface area contributed by atoms with Crippen molar-refractivity contribution in [1.82, 2.24) is 15.1 Å². The zero-order chi connectivity index (χ0) is 20.5. The molecule has 1 unspecified atom stereocenters. The lowest BCUT2D eigenvalue weighted by molar-refractivity contribution is 0.0186. The molecule has 0 amide bonds. The molecule has 166 valence electrons. The number of morpholine rings is 1. The molecule has 1 fully saturated rings. The van der Waals surface area contributed by atoms with E-state index in [1.807, 2.05) is 12.1 Å². The highest BCUT2D eigenvalue weighted by Crippen LogP contribution is 2.26. The third-order valence-corrected chi connectivity index (χ3v) is 6.02. The minimum atomic E-state index is 0. The summed E-state index contributed by atoms with van der Waals surface area (Å²) in [6.07, 6.45) is 0. The van der Waals surface area contributed by atoms with Crippen LogP contribution in [0, 0.1) is 0 Å². The molecule has 0 spiro atoms. The molecule has 8 heteroatoms. The number of hydrogen-bond donors (Lipinski definition) is 1. The minimum Gasteiger partial charge on any atom is -0.497 e. The maximum absolute atomic E-state index is 5.55. The van der Waals surface area contributed by atoms with Gasteiger partial charge >= 0.3 is 0 Å². The lowest BCUT2D eigenvalue weighted by Gasteiger charge is -2.33. The summed E-state index contributed by atoms with van der Waals surface area (Å²) < 4.78 is 10.8. The van der Waals surface area contributed by atoms with Crippen molar-refractivity contribution in [3.05, 3.63) is 52.2 Å². The molecule has 30 heavy (non-hydrogen) atoms. The van der Waals surface area contributed by atoms with Crippen LogP contribution in [0.15, 0.2) is 46.8 Å². The first kappa shape index (κ1) is 24.9. The lowest BCUT2D eigenvalue weighted by Crippen LogP contribution is -2.42. The fourth-order valence-corrected chi connectivity index (χ4v) is 4.33. The second kappa shape index (κ2) is 13.1. The number of aliphatic imine (C=N–C) groups is 1. The number of thiophene rings is 1. The maximum atomic E-state index is 5.55. The van der Waals surface area contributed by atoms with E-state index in [1.165, 1.54) is 10.4 Å². The zero-order valence-electron chi connectivity index (χ0n) is 18.0. The normalized spacial score (nSPS) is 15.9. The van der Waals surface area contributed by atoms with Crippen LogP contribution in [-0.2, 0) is 11.3 Å². The number of rotatable bonds is 8. The molecule has 3 rings (SSSR count). The summed E-state index contributed by atoms with van der Waals surface area (Å²) in [5.74, 6) is 1.81. The Balaban J connectivity index is 0.00000320. The number of nitrogens with one attached hydrogen (secondary N) is 1. The molecule has 2 heterocycles. The van der Waals surface area contributed by atoms with E-state index in [0.717, 1.165) is 57.6 Å².